The van der Waals surface area contributed by atoms with Gasteiger partial charge in [0.1, 0.15) is 0 Å². The molecule has 4 nitrogen and oxygen atoms in total. The molecule has 0 aromatic heterocycles. The Hall–Kier alpha value is -1.39. The number of hydrogen-bond acceptors (Lipinski definition) is 3. The molecule has 0 atom stereocenters. The van der Waals surface area contributed by atoms with E-state index < -0.39 is 5.97 Å². The third-order valence-electron chi connectivity index (χ3n) is 2.40. The fourth-order valence-corrected chi connectivity index (χ4v) is 1.46. The molecule has 2 N–H and O–H groups in total. The molecule has 0 unspecified atom stereocenters. The lowest BCUT2D eigenvalue weighted by Crippen LogP contribution is -2.20. The Bertz CT molecular complexity index is 360. The topological polar surface area (TPSA) is 58.6 Å². The first kappa shape index (κ1) is 14.7. The van der Waals surface area contributed by atoms with E-state index in [2.05, 4.69) is 19.2 Å². The van der Waals surface area contributed by atoms with Crippen molar-refractivity contribution in [2.45, 2.75) is 20.4 Å². The molecule has 0 aliphatic heterocycles. The number of benzene rings is 1. The van der Waals surface area contributed by atoms with E-state index in [1.54, 1.807) is 12.1 Å². The third kappa shape index (κ3) is 5.80. The maximum atomic E-state index is 10.7. The van der Waals surface area contributed by atoms with Crippen molar-refractivity contribution in [2.75, 3.05) is 19.8 Å². The lowest BCUT2D eigenvalue weighted by molar-refractivity contribution is 0.0697. The van der Waals surface area contributed by atoms with E-state index in [1.807, 2.05) is 12.1 Å². The lowest BCUT2D eigenvalue weighted by Gasteiger charge is -2.08. The molecule has 0 bridgehead atoms. The number of aromatic carboxylic acids is 1. The summed E-state index contributed by atoms with van der Waals surface area (Å²) in [6, 6.07) is 6.89. The molecule has 0 saturated carbocycles. The van der Waals surface area contributed by atoms with Gasteiger partial charge in [-0.25, -0.2) is 4.79 Å². The normalized spacial score (nSPS) is 10.8. The van der Waals surface area contributed by atoms with E-state index in [4.69, 9.17) is 9.84 Å². The summed E-state index contributed by atoms with van der Waals surface area (Å²) in [6.07, 6.45) is 0. The summed E-state index contributed by atoms with van der Waals surface area (Å²) >= 11 is 0. The van der Waals surface area contributed by atoms with Crippen LogP contribution in [0.25, 0.3) is 0 Å². The molecule has 1 aromatic rings. The van der Waals surface area contributed by atoms with Crippen molar-refractivity contribution in [3.63, 3.8) is 0 Å². The van der Waals surface area contributed by atoms with E-state index in [-0.39, 0.29) is 0 Å². The van der Waals surface area contributed by atoms with Gasteiger partial charge in [-0.05, 0) is 23.6 Å². The maximum Gasteiger partial charge on any atom is 0.335 e. The van der Waals surface area contributed by atoms with Crippen LogP contribution in [0, 0.1) is 5.92 Å². The molecule has 1 rings (SSSR count). The Balaban J connectivity index is 2.17. The predicted molar refractivity (Wildman–Crippen MR) is 70.8 cm³/mol. The van der Waals surface area contributed by atoms with Gasteiger partial charge in [0.25, 0.3) is 0 Å². The monoisotopic (exact) mass is 251 g/mol. The van der Waals surface area contributed by atoms with E-state index in [0.717, 1.165) is 25.3 Å². The summed E-state index contributed by atoms with van der Waals surface area (Å²) in [6.45, 7) is 7.26. The van der Waals surface area contributed by atoms with Gasteiger partial charge in [0.2, 0.25) is 0 Å². The number of carboxylic acid groups (broad SMARTS) is 1. The minimum absolute atomic E-state index is 0.319. The molecule has 0 radical (unpaired) electrons. The highest BCUT2D eigenvalue weighted by molar-refractivity contribution is 5.87. The molecule has 1 aromatic carbocycles. The van der Waals surface area contributed by atoms with E-state index in [1.165, 1.54) is 0 Å². The Labute approximate surface area is 108 Å². The van der Waals surface area contributed by atoms with Gasteiger partial charge < -0.3 is 15.2 Å². The first-order valence-corrected chi connectivity index (χ1v) is 6.20. The van der Waals surface area contributed by atoms with Crippen LogP contribution in [-0.2, 0) is 11.3 Å². The molecule has 0 saturated heterocycles. The van der Waals surface area contributed by atoms with E-state index >= 15 is 0 Å². The molecule has 0 aliphatic rings. The average molecular weight is 251 g/mol. The maximum absolute atomic E-state index is 10.7. The highest BCUT2D eigenvalue weighted by atomic mass is 16.5. The van der Waals surface area contributed by atoms with Crippen LogP contribution >= 0.6 is 0 Å². The van der Waals surface area contributed by atoms with Crippen LogP contribution in [-0.4, -0.2) is 30.8 Å². The highest BCUT2D eigenvalue weighted by Crippen LogP contribution is 2.04. The van der Waals surface area contributed by atoms with Crippen molar-refractivity contribution < 1.29 is 14.6 Å². The average Bonchev–Trinajstić information content (AvgIpc) is 2.34. The second-order valence-corrected chi connectivity index (χ2v) is 4.65. The quantitative estimate of drug-likeness (QED) is 0.695. The number of ether oxygens (including phenoxy) is 1. The molecule has 0 fully saturated rings. The Kier molecular flexibility index (Phi) is 6.39. The van der Waals surface area contributed by atoms with Crippen LogP contribution in [0.3, 0.4) is 0 Å². The Morgan fingerprint density at radius 2 is 2.00 bits per heavy atom. The zero-order chi connectivity index (χ0) is 13.4. The number of nitrogens with one attached hydrogen (secondary N) is 1. The van der Waals surface area contributed by atoms with Crippen LogP contribution in [0.15, 0.2) is 24.3 Å². The van der Waals surface area contributed by atoms with Crippen molar-refractivity contribution in [2.24, 2.45) is 5.92 Å². The first-order valence-electron chi connectivity index (χ1n) is 6.20. The fourth-order valence-electron chi connectivity index (χ4n) is 1.46. The lowest BCUT2D eigenvalue weighted by atomic mass is 10.1. The second-order valence-electron chi connectivity index (χ2n) is 4.65. The minimum atomic E-state index is -0.892. The minimum Gasteiger partial charge on any atom is -0.478 e. The van der Waals surface area contributed by atoms with Crippen LogP contribution < -0.4 is 5.32 Å². The first-order chi connectivity index (χ1) is 8.59. The van der Waals surface area contributed by atoms with Gasteiger partial charge in [0.05, 0.1) is 12.2 Å². The summed E-state index contributed by atoms with van der Waals surface area (Å²) < 4.78 is 5.44. The van der Waals surface area contributed by atoms with Gasteiger partial charge in [-0.3, -0.25) is 0 Å². The summed E-state index contributed by atoms with van der Waals surface area (Å²) in [5.41, 5.74) is 1.39. The van der Waals surface area contributed by atoms with Gasteiger partial charge in [-0.1, -0.05) is 26.0 Å². The molecular weight excluding hydrogens is 230 g/mol. The smallest absolute Gasteiger partial charge is 0.335 e. The number of carbonyl (C=O) groups is 1. The summed E-state index contributed by atoms with van der Waals surface area (Å²) in [5.74, 6) is -0.329. The number of rotatable bonds is 8. The molecule has 18 heavy (non-hydrogen) atoms. The SMILES string of the molecule is CC(C)COCCNCc1ccc(C(=O)O)cc1. The molecular formula is C14H21NO3. The molecule has 0 aliphatic carbocycles. The summed E-state index contributed by atoms with van der Waals surface area (Å²) in [5, 5.41) is 12.0. The van der Waals surface area contributed by atoms with Gasteiger partial charge in [-0.15, -0.1) is 0 Å². The summed E-state index contributed by atoms with van der Waals surface area (Å²) in [7, 11) is 0. The molecule has 100 valence electrons. The van der Waals surface area contributed by atoms with Crippen LogP contribution in [0.2, 0.25) is 0 Å². The van der Waals surface area contributed by atoms with Crippen molar-refractivity contribution in [1.29, 1.82) is 0 Å². The second kappa shape index (κ2) is 7.84. The van der Waals surface area contributed by atoms with Gasteiger partial charge >= 0.3 is 5.97 Å². The number of carboxylic acids is 1. The third-order valence-corrected chi connectivity index (χ3v) is 2.40. The molecule has 0 heterocycles. The Morgan fingerprint density at radius 1 is 1.33 bits per heavy atom. The predicted octanol–water partition coefficient (Wildman–Crippen LogP) is 2.15. The molecule has 0 amide bonds. The van der Waals surface area contributed by atoms with Crippen molar-refractivity contribution in [3.05, 3.63) is 35.4 Å². The molecule has 4 heteroatoms. The Morgan fingerprint density at radius 3 is 2.56 bits per heavy atom. The fraction of sp³-hybridized carbons (Fsp3) is 0.500. The highest BCUT2D eigenvalue weighted by Gasteiger charge is 2.01. The van der Waals surface area contributed by atoms with Crippen LogP contribution in [0.5, 0.6) is 0 Å². The van der Waals surface area contributed by atoms with Gasteiger partial charge in [0, 0.05) is 19.7 Å². The number of hydrogen-bond donors (Lipinski definition) is 2. The molecule has 0 spiro atoms. The zero-order valence-corrected chi connectivity index (χ0v) is 11.0. The van der Waals surface area contributed by atoms with Gasteiger partial charge in [-0.2, -0.15) is 0 Å². The van der Waals surface area contributed by atoms with E-state index in [9.17, 15) is 4.79 Å². The van der Waals surface area contributed by atoms with E-state index in [0.29, 0.717) is 18.1 Å². The zero-order valence-electron chi connectivity index (χ0n) is 11.0. The largest absolute Gasteiger partial charge is 0.478 e. The van der Waals surface area contributed by atoms with Crippen molar-refractivity contribution >= 4 is 5.97 Å². The van der Waals surface area contributed by atoms with Crippen molar-refractivity contribution in [3.8, 4) is 0 Å². The summed E-state index contributed by atoms with van der Waals surface area (Å²) in [4.78, 5) is 10.7. The van der Waals surface area contributed by atoms with Gasteiger partial charge in [0.15, 0.2) is 0 Å². The van der Waals surface area contributed by atoms with Crippen LogP contribution in [0.4, 0.5) is 0 Å². The van der Waals surface area contributed by atoms with Crippen LogP contribution in [0.1, 0.15) is 29.8 Å². The standard InChI is InChI=1S/C14H21NO3/c1-11(2)10-18-8-7-15-9-12-3-5-13(6-4-12)14(16)17/h3-6,11,15H,7-10H2,1-2H3,(H,16,17). The van der Waals surface area contributed by atoms with Crippen molar-refractivity contribution in [1.82, 2.24) is 5.32 Å².